The highest BCUT2D eigenvalue weighted by atomic mass is 32.2. The second-order valence-corrected chi connectivity index (χ2v) is 10.9. The Hall–Kier alpha value is -3.53. The quantitative estimate of drug-likeness (QED) is 0.417. The van der Waals surface area contributed by atoms with E-state index < -0.39 is 52.7 Å². The first kappa shape index (κ1) is 27.1. The summed E-state index contributed by atoms with van der Waals surface area (Å²) in [7, 11) is 0. The van der Waals surface area contributed by atoms with E-state index in [1.165, 1.54) is 17.7 Å². The Morgan fingerprint density at radius 3 is 2.54 bits per heavy atom. The van der Waals surface area contributed by atoms with Crippen molar-refractivity contribution in [3.63, 3.8) is 0 Å². The molecule has 3 aromatic rings. The molecule has 3 heterocycles. The van der Waals surface area contributed by atoms with Gasteiger partial charge in [-0.2, -0.15) is 13.2 Å². The molecule has 0 fully saturated rings. The molecule has 3 atom stereocenters. The zero-order valence-electron chi connectivity index (χ0n) is 21.6. The number of alkyl halides is 3. The van der Waals surface area contributed by atoms with E-state index in [1.54, 1.807) is 11.8 Å². The molecule has 2 aromatic carbocycles. The van der Waals surface area contributed by atoms with Crippen molar-refractivity contribution in [3.8, 4) is 5.75 Å². The lowest BCUT2D eigenvalue weighted by Crippen LogP contribution is -2.54. The number of ketones is 1. The van der Waals surface area contributed by atoms with E-state index in [1.807, 2.05) is 49.4 Å². The molecule has 204 valence electrons. The maximum Gasteiger partial charge on any atom is 0.408 e. The lowest BCUT2D eigenvalue weighted by Gasteiger charge is -2.43. The maximum atomic E-state index is 14.0. The number of hydrogen-bond acceptors (Lipinski definition) is 5. The number of aryl methyl sites for hydroxylation is 1. The SMILES string of the molecule is CCc1cccc2c1[C@H](C1CN([C@H](C)C(F)(F)F)C(=O)c3c(O)c(=O)c(C(C)=O)cn31)c1ccccc1SC2. The molecule has 1 unspecified atom stereocenters. The van der Waals surface area contributed by atoms with Crippen molar-refractivity contribution in [2.75, 3.05) is 6.54 Å². The Kier molecular flexibility index (Phi) is 6.86. The molecule has 0 saturated heterocycles. The first-order valence-corrected chi connectivity index (χ1v) is 13.6. The van der Waals surface area contributed by atoms with Crippen LogP contribution in [0.1, 0.15) is 75.8 Å². The highest BCUT2D eigenvalue weighted by Crippen LogP contribution is 2.49. The van der Waals surface area contributed by atoms with Gasteiger partial charge in [-0.3, -0.25) is 14.4 Å². The van der Waals surface area contributed by atoms with Crippen LogP contribution in [0.25, 0.3) is 0 Å². The van der Waals surface area contributed by atoms with Gasteiger partial charge in [0, 0.05) is 29.3 Å². The molecule has 5 rings (SSSR count). The molecular weight excluding hydrogens is 529 g/mol. The maximum absolute atomic E-state index is 14.0. The summed E-state index contributed by atoms with van der Waals surface area (Å²) in [6.07, 6.45) is -2.84. The summed E-state index contributed by atoms with van der Waals surface area (Å²) >= 11 is 1.62. The first-order valence-electron chi connectivity index (χ1n) is 12.6. The van der Waals surface area contributed by atoms with E-state index in [-0.39, 0.29) is 12.1 Å². The van der Waals surface area contributed by atoms with Gasteiger partial charge in [0.05, 0.1) is 11.6 Å². The summed E-state index contributed by atoms with van der Waals surface area (Å²) in [6, 6.07) is 10.6. The Bertz CT molecular complexity index is 1550. The first-order chi connectivity index (χ1) is 18.5. The Morgan fingerprint density at radius 2 is 1.87 bits per heavy atom. The standard InChI is InChI=1S/C29H27F3N2O4S/c1-4-17-8-7-9-18-14-39-22-11-6-5-10-19(22)24(23(17)18)21-13-33(16(3)29(30,31)32)28(38)25-27(37)26(36)20(15(2)35)12-34(21)25/h5-12,16,21,24,37H,4,13-14H2,1-3H3/t16-,21?,24+/m1/s1. The molecular formula is C29H27F3N2O4S. The van der Waals surface area contributed by atoms with E-state index >= 15 is 0 Å². The van der Waals surface area contributed by atoms with E-state index in [0.29, 0.717) is 17.1 Å². The van der Waals surface area contributed by atoms with Crippen LogP contribution in [0.15, 0.2) is 58.4 Å². The third-order valence-corrected chi connectivity index (χ3v) is 8.87. The predicted molar refractivity (Wildman–Crippen MR) is 142 cm³/mol. The third-order valence-electron chi connectivity index (χ3n) is 7.74. The van der Waals surface area contributed by atoms with E-state index in [9.17, 15) is 32.7 Å². The van der Waals surface area contributed by atoms with Gasteiger partial charge in [-0.15, -0.1) is 11.8 Å². The lowest BCUT2D eigenvalue weighted by atomic mass is 9.78. The van der Waals surface area contributed by atoms with Gasteiger partial charge in [0.1, 0.15) is 6.04 Å². The van der Waals surface area contributed by atoms with Crippen LogP contribution in [-0.2, 0) is 12.2 Å². The number of amides is 1. The number of thioether (sulfide) groups is 1. The average Bonchev–Trinajstić information content (AvgIpc) is 3.06. The predicted octanol–water partition coefficient (Wildman–Crippen LogP) is 5.70. The van der Waals surface area contributed by atoms with Crippen LogP contribution in [0.5, 0.6) is 5.75 Å². The number of aromatic hydroxyl groups is 1. The molecule has 0 saturated carbocycles. The van der Waals surface area contributed by atoms with Crippen molar-refractivity contribution in [3.05, 3.63) is 92.4 Å². The van der Waals surface area contributed by atoms with Gasteiger partial charge in [0.15, 0.2) is 17.2 Å². The number of benzene rings is 2. The number of halogens is 3. The fourth-order valence-electron chi connectivity index (χ4n) is 5.71. The minimum absolute atomic E-state index is 0.327. The van der Waals surface area contributed by atoms with Crippen molar-refractivity contribution in [2.45, 2.75) is 62.0 Å². The minimum atomic E-state index is -4.73. The molecule has 2 aliphatic heterocycles. The number of nitrogens with zero attached hydrogens (tertiary/aromatic N) is 2. The van der Waals surface area contributed by atoms with Gasteiger partial charge in [-0.25, -0.2) is 0 Å². The summed E-state index contributed by atoms with van der Waals surface area (Å²) < 4.78 is 43.3. The fourth-order valence-corrected chi connectivity index (χ4v) is 6.81. The summed E-state index contributed by atoms with van der Waals surface area (Å²) in [4.78, 5) is 40.3. The molecule has 0 bridgehead atoms. The third kappa shape index (κ3) is 4.44. The zero-order valence-corrected chi connectivity index (χ0v) is 22.4. The van der Waals surface area contributed by atoms with Gasteiger partial charge in [0.25, 0.3) is 5.91 Å². The molecule has 0 aliphatic carbocycles. The molecule has 1 N–H and O–H groups in total. The Labute approximate surface area is 227 Å². The topological polar surface area (TPSA) is 79.6 Å². The van der Waals surface area contributed by atoms with Crippen molar-refractivity contribution in [1.82, 2.24) is 9.47 Å². The minimum Gasteiger partial charge on any atom is -0.503 e. The van der Waals surface area contributed by atoms with Crippen molar-refractivity contribution in [2.24, 2.45) is 0 Å². The molecule has 39 heavy (non-hydrogen) atoms. The molecule has 10 heteroatoms. The summed E-state index contributed by atoms with van der Waals surface area (Å²) in [5, 5.41) is 10.9. The van der Waals surface area contributed by atoms with Gasteiger partial charge >= 0.3 is 6.18 Å². The largest absolute Gasteiger partial charge is 0.503 e. The number of carbonyl (C=O) groups excluding carboxylic acids is 2. The molecule has 0 radical (unpaired) electrons. The van der Waals surface area contributed by atoms with Crippen LogP contribution in [0.3, 0.4) is 0 Å². The number of fused-ring (bicyclic) bond motifs is 3. The second kappa shape index (κ2) is 9.89. The van der Waals surface area contributed by atoms with Crippen molar-refractivity contribution in [1.29, 1.82) is 0 Å². The number of carbonyl (C=O) groups is 2. The van der Waals surface area contributed by atoms with Crippen molar-refractivity contribution >= 4 is 23.5 Å². The van der Waals surface area contributed by atoms with Crippen LogP contribution in [0, 0.1) is 0 Å². The van der Waals surface area contributed by atoms with E-state index in [2.05, 4.69) is 0 Å². The second-order valence-electron chi connectivity index (χ2n) is 9.92. The Balaban J connectivity index is 1.86. The summed E-state index contributed by atoms with van der Waals surface area (Å²) in [5.74, 6) is -2.63. The number of aromatic nitrogens is 1. The van der Waals surface area contributed by atoms with Crippen LogP contribution in [0.4, 0.5) is 13.2 Å². The number of rotatable bonds is 4. The number of Topliss-reactive ketones (excluding diaryl/α,β-unsaturated/α-hetero) is 1. The number of hydrogen-bond donors (Lipinski definition) is 1. The van der Waals surface area contributed by atoms with E-state index in [0.717, 1.165) is 34.1 Å². The summed E-state index contributed by atoms with van der Waals surface area (Å²) in [6.45, 7) is 3.73. The lowest BCUT2D eigenvalue weighted by molar-refractivity contribution is -0.174. The van der Waals surface area contributed by atoms with Crippen LogP contribution >= 0.6 is 11.8 Å². The summed E-state index contributed by atoms with van der Waals surface area (Å²) in [5.41, 5.74) is 1.91. The van der Waals surface area contributed by atoms with Crippen molar-refractivity contribution < 1.29 is 27.9 Å². The molecule has 1 amide bonds. The smallest absolute Gasteiger partial charge is 0.408 e. The fraction of sp³-hybridized carbons (Fsp3) is 0.345. The van der Waals surface area contributed by atoms with Gasteiger partial charge in [-0.1, -0.05) is 43.3 Å². The highest BCUT2D eigenvalue weighted by Gasteiger charge is 2.49. The van der Waals surface area contributed by atoms with Gasteiger partial charge < -0.3 is 14.6 Å². The van der Waals surface area contributed by atoms with Gasteiger partial charge in [0.2, 0.25) is 5.43 Å². The van der Waals surface area contributed by atoms with Gasteiger partial charge in [-0.05, 0) is 48.6 Å². The van der Waals surface area contributed by atoms with Crippen LogP contribution < -0.4 is 5.43 Å². The molecule has 1 aromatic heterocycles. The number of pyridine rings is 1. The average molecular weight is 557 g/mol. The normalized spacial score (nSPS) is 19.5. The van der Waals surface area contributed by atoms with Crippen LogP contribution in [-0.4, -0.2) is 45.0 Å². The monoisotopic (exact) mass is 556 g/mol. The van der Waals surface area contributed by atoms with Crippen LogP contribution in [0.2, 0.25) is 0 Å². The molecule has 0 spiro atoms. The zero-order chi connectivity index (χ0) is 28.2. The Morgan fingerprint density at radius 1 is 1.15 bits per heavy atom. The molecule has 6 nitrogen and oxygen atoms in total. The molecule has 2 aliphatic rings. The highest BCUT2D eigenvalue weighted by molar-refractivity contribution is 7.98. The van der Waals surface area contributed by atoms with E-state index in [4.69, 9.17) is 0 Å².